The van der Waals surface area contributed by atoms with E-state index in [-0.39, 0.29) is 12.5 Å². The Morgan fingerprint density at radius 2 is 1.96 bits per heavy atom. The number of ether oxygens (including phenoxy) is 1. The minimum atomic E-state index is -0.0314. The van der Waals surface area contributed by atoms with E-state index in [0.717, 1.165) is 42.4 Å². The molecule has 1 aliphatic rings. The molecule has 1 heterocycles. The molecule has 2 atom stereocenters. The van der Waals surface area contributed by atoms with Crippen molar-refractivity contribution in [3.8, 4) is 5.75 Å². The fraction of sp³-hybridized carbons (Fsp3) is 0.650. The summed E-state index contributed by atoms with van der Waals surface area (Å²) in [6, 6.07) is 4.94. The summed E-state index contributed by atoms with van der Waals surface area (Å²) in [6.07, 6.45) is 5.09. The summed E-state index contributed by atoms with van der Waals surface area (Å²) >= 11 is 0. The third-order valence-corrected chi connectivity index (χ3v) is 5.03. The first kappa shape index (κ1) is 18.8. The number of aryl methyl sites for hydroxylation is 3. The van der Waals surface area contributed by atoms with Crippen molar-refractivity contribution >= 4 is 5.91 Å². The molecule has 1 aromatic rings. The molecular weight excluding hydrogens is 300 g/mol. The van der Waals surface area contributed by atoms with Crippen LogP contribution in [0.5, 0.6) is 5.75 Å². The van der Waals surface area contributed by atoms with Gasteiger partial charge in [0.1, 0.15) is 5.75 Å². The van der Waals surface area contributed by atoms with Gasteiger partial charge in [0.2, 0.25) is 0 Å². The molecule has 1 fully saturated rings. The number of carbonyl (C=O) groups is 1. The summed E-state index contributed by atoms with van der Waals surface area (Å²) in [5.74, 6) is 0.804. The molecular formula is C20H33N2O2+. The fourth-order valence-electron chi connectivity index (χ4n) is 3.75. The van der Waals surface area contributed by atoms with Gasteiger partial charge in [-0.2, -0.15) is 0 Å². The summed E-state index contributed by atoms with van der Waals surface area (Å²) in [5.41, 5.74) is 3.39. The molecule has 4 heteroatoms. The van der Waals surface area contributed by atoms with Crippen LogP contribution in [0.2, 0.25) is 0 Å². The van der Waals surface area contributed by atoms with Gasteiger partial charge in [-0.25, -0.2) is 0 Å². The summed E-state index contributed by atoms with van der Waals surface area (Å²) < 4.78 is 5.73. The van der Waals surface area contributed by atoms with E-state index in [2.05, 4.69) is 31.3 Å². The maximum atomic E-state index is 12.0. The van der Waals surface area contributed by atoms with Crippen LogP contribution >= 0.6 is 0 Å². The van der Waals surface area contributed by atoms with Crippen molar-refractivity contribution in [2.24, 2.45) is 0 Å². The molecule has 1 saturated heterocycles. The van der Waals surface area contributed by atoms with Gasteiger partial charge in [-0.1, -0.05) is 17.7 Å². The standard InChI is InChI=1S/C20H32N2O2/c1-15-12-16(2)20(17(3)13-15)24-14-19(23)21-9-7-11-22-10-6-5-8-18(22)4/h12-13,18H,5-11,14H2,1-4H3,(H,21,23)/p+1/t18-/m1/s1. The number of nitrogens with one attached hydrogen (secondary N) is 2. The van der Waals surface area contributed by atoms with E-state index in [1.807, 2.05) is 13.8 Å². The highest BCUT2D eigenvalue weighted by Gasteiger charge is 2.20. The van der Waals surface area contributed by atoms with Crippen LogP contribution in [0, 0.1) is 20.8 Å². The second-order valence-corrected chi connectivity index (χ2v) is 7.28. The molecule has 1 aliphatic heterocycles. The van der Waals surface area contributed by atoms with Gasteiger partial charge in [-0.05, 0) is 58.1 Å². The molecule has 4 nitrogen and oxygen atoms in total. The van der Waals surface area contributed by atoms with Gasteiger partial charge in [0.05, 0.1) is 19.1 Å². The van der Waals surface area contributed by atoms with E-state index in [9.17, 15) is 4.79 Å². The van der Waals surface area contributed by atoms with Crippen LogP contribution in [0.1, 0.15) is 49.3 Å². The first-order valence-electron chi connectivity index (χ1n) is 9.29. The zero-order valence-electron chi connectivity index (χ0n) is 15.7. The quantitative estimate of drug-likeness (QED) is 0.749. The molecule has 2 rings (SSSR count). The predicted molar refractivity (Wildman–Crippen MR) is 97.8 cm³/mol. The maximum absolute atomic E-state index is 12.0. The zero-order chi connectivity index (χ0) is 17.5. The summed E-state index contributed by atoms with van der Waals surface area (Å²) in [4.78, 5) is 13.7. The van der Waals surface area contributed by atoms with Crippen LogP contribution in [-0.4, -0.2) is 38.2 Å². The first-order chi connectivity index (χ1) is 11.5. The molecule has 0 saturated carbocycles. The van der Waals surface area contributed by atoms with Crippen LogP contribution < -0.4 is 15.0 Å². The van der Waals surface area contributed by atoms with Gasteiger partial charge in [-0.15, -0.1) is 0 Å². The smallest absolute Gasteiger partial charge is 0.257 e. The highest BCUT2D eigenvalue weighted by atomic mass is 16.5. The Morgan fingerprint density at radius 1 is 1.25 bits per heavy atom. The highest BCUT2D eigenvalue weighted by molar-refractivity contribution is 5.77. The van der Waals surface area contributed by atoms with Crippen molar-refractivity contribution in [2.45, 2.75) is 59.4 Å². The van der Waals surface area contributed by atoms with Gasteiger partial charge in [0.15, 0.2) is 6.61 Å². The number of hydrogen-bond donors (Lipinski definition) is 2. The number of quaternary nitrogens is 1. The van der Waals surface area contributed by atoms with E-state index in [4.69, 9.17) is 4.74 Å². The molecule has 0 aliphatic carbocycles. The lowest BCUT2D eigenvalue weighted by Crippen LogP contribution is -3.16. The number of likely N-dealkylation sites (tertiary alicyclic amines) is 1. The molecule has 1 amide bonds. The first-order valence-corrected chi connectivity index (χ1v) is 9.29. The summed E-state index contributed by atoms with van der Waals surface area (Å²) in [6.45, 7) is 11.7. The van der Waals surface area contributed by atoms with Crippen molar-refractivity contribution < 1.29 is 14.4 Å². The number of amides is 1. The third kappa shape index (κ3) is 5.52. The lowest BCUT2D eigenvalue weighted by Gasteiger charge is -2.30. The number of piperidine rings is 1. The topological polar surface area (TPSA) is 42.8 Å². The van der Waals surface area contributed by atoms with Gasteiger partial charge in [0, 0.05) is 13.0 Å². The Bertz CT molecular complexity index is 534. The second-order valence-electron chi connectivity index (χ2n) is 7.28. The SMILES string of the molecule is Cc1cc(C)c(OCC(=O)NCCC[NH+]2CCCC[C@H]2C)c(C)c1. The Hall–Kier alpha value is -1.55. The monoisotopic (exact) mass is 333 g/mol. The normalized spacial score (nSPS) is 20.7. The third-order valence-electron chi connectivity index (χ3n) is 5.03. The van der Waals surface area contributed by atoms with Gasteiger partial charge < -0.3 is 15.0 Å². The van der Waals surface area contributed by atoms with Gasteiger partial charge >= 0.3 is 0 Å². The van der Waals surface area contributed by atoms with Crippen molar-refractivity contribution in [1.82, 2.24) is 5.32 Å². The molecule has 0 aromatic heterocycles. The Kier molecular flexibility index (Phi) is 7.10. The molecule has 1 unspecified atom stereocenters. The molecule has 134 valence electrons. The average molecular weight is 333 g/mol. The molecule has 0 radical (unpaired) electrons. The molecule has 1 aromatic carbocycles. The number of benzene rings is 1. The minimum absolute atomic E-state index is 0.0314. The number of hydrogen-bond acceptors (Lipinski definition) is 2. The van der Waals surface area contributed by atoms with Crippen molar-refractivity contribution in [3.63, 3.8) is 0 Å². The van der Waals surface area contributed by atoms with Crippen molar-refractivity contribution in [2.75, 3.05) is 26.2 Å². The Morgan fingerprint density at radius 3 is 2.62 bits per heavy atom. The van der Waals surface area contributed by atoms with Gasteiger partial charge in [0.25, 0.3) is 5.91 Å². The lowest BCUT2D eigenvalue weighted by molar-refractivity contribution is -0.928. The Labute approximate surface area is 146 Å². The fourth-order valence-corrected chi connectivity index (χ4v) is 3.75. The van der Waals surface area contributed by atoms with E-state index in [0.29, 0.717) is 0 Å². The second kappa shape index (κ2) is 9.07. The van der Waals surface area contributed by atoms with E-state index in [1.54, 1.807) is 4.90 Å². The molecule has 0 spiro atoms. The van der Waals surface area contributed by atoms with Crippen LogP contribution in [0.15, 0.2) is 12.1 Å². The van der Waals surface area contributed by atoms with Crippen LogP contribution in [0.3, 0.4) is 0 Å². The highest BCUT2D eigenvalue weighted by Crippen LogP contribution is 2.24. The van der Waals surface area contributed by atoms with Crippen LogP contribution in [0.4, 0.5) is 0 Å². The van der Waals surface area contributed by atoms with E-state index in [1.165, 1.54) is 31.4 Å². The van der Waals surface area contributed by atoms with Crippen LogP contribution in [0.25, 0.3) is 0 Å². The zero-order valence-corrected chi connectivity index (χ0v) is 15.7. The summed E-state index contributed by atoms with van der Waals surface area (Å²) in [7, 11) is 0. The number of carbonyl (C=O) groups excluding carboxylic acids is 1. The van der Waals surface area contributed by atoms with Crippen LogP contribution in [-0.2, 0) is 4.79 Å². The Balaban J connectivity index is 1.67. The largest absolute Gasteiger partial charge is 0.483 e. The maximum Gasteiger partial charge on any atom is 0.257 e. The number of rotatable bonds is 7. The van der Waals surface area contributed by atoms with Crippen molar-refractivity contribution in [1.29, 1.82) is 0 Å². The average Bonchev–Trinajstić information content (AvgIpc) is 2.52. The predicted octanol–water partition coefficient (Wildman–Crippen LogP) is 1.95. The molecule has 24 heavy (non-hydrogen) atoms. The van der Waals surface area contributed by atoms with E-state index >= 15 is 0 Å². The van der Waals surface area contributed by atoms with E-state index < -0.39 is 0 Å². The molecule has 0 bridgehead atoms. The summed E-state index contributed by atoms with van der Waals surface area (Å²) in [5, 5.41) is 2.98. The molecule has 2 N–H and O–H groups in total. The van der Waals surface area contributed by atoms with Crippen molar-refractivity contribution in [3.05, 3.63) is 28.8 Å². The van der Waals surface area contributed by atoms with Gasteiger partial charge in [-0.3, -0.25) is 4.79 Å². The lowest BCUT2D eigenvalue weighted by atomic mass is 10.0. The minimum Gasteiger partial charge on any atom is -0.483 e.